The van der Waals surface area contributed by atoms with Gasteiger partial charge in [-0.25, -0.2) is 15.4 Å². The smallest absolute Gasteiger partial charge is 0.169 e. The maximum Gasteiger partial charge on any atom is 0.169 e. The fraction of sp³-hybridized carbons (Fsp3) is 0.357. The number of nitrogens with two attached hydrogens (primary N) is 1. The van der Waals surface area contributed by atoms with Crippen LogP contribution in [0.2, 0.25) is 0 Å². The zero-order valence-corrected chi connectivity index (χ0v) is 12.5. The van der Waals surface area contributed by atoms with Crippen molar-refractivity contribution in [1.29, 1.82) is 0 Å². The Hall–Kier alpha value is -2.41. The van der Waals surface area contributed by atoms with Gasteiger partial charge in [0.25, 0.3) is 0 Å². The van der Waals surface area contributed by atoms with Crippen molar-refractivity contribution in [3.05, 3.63) is 36.4 Å². The van der Waals surface area contributed by atoms with E-state index in [0.29, 0.717) is 23.9 Å². The van der Waals surface area contributed by atoms with Crippen LogP contribution in [-0.2, 0) is 6.54 Å². The largest absolute Gasteiger partial charge is 0.393 e. The molecule has 0 amide bonds. The number of anilines is 3. The molecule has 0 aromatic carbocycles. The Morgan fingerprint density at radius 1 is 1.19 bits per heavy atom. The number of nitrogens with one attached hydrogen (secondary N) is 3. The number of aromatic nitrogens is 3. The predicted molar refractivity (Wildman–Crippen MR) is 84.5 cm³/mol. The van der Waals surface area contributed by atoms with Gasteiger partial charge in [0.1, 0.15) is 12.0 Å². The van der Waals surface area contributed by atoms with Crippen LogP contribution in [0.1, 0.15) is 26.3 Å². The lowest BCUT2D eigenvalue weighted by Gasteiger charge is -2.22. The minimum Gasteiger partial charge on any atom is -0.393 e. The van der Waals surface area contributed by atoms with Gasteiger partial charge >= 0.3 is 0 Å². The Labute approximate surface area is 124 Å². The van der Waals surface area contributed by atoms with Crippen LogP contribution in [0.3, 0.4) is 0 Å². The SMILES string of the molecule is CC(C)(C)NNc1ncnc(NCc2cccnc2)c1N. The van der Waals surface area contributed by atoms with Crippen molar-refractivity contribution >= 4 is 17.3 Å². The number of hydrogen-bond acceptors (Lipinski definition) is 7. The lowest BCUT2D eigenvalue weighted by atomic mass is 10.1. The first-order chi connectivity index (χ1) is 9.96. The zero-order valence-electron chi connectivity index (χ0n) is 12.5. The molecule has 2 rings (SSSR count). The van der Waals surface area contributed by atoms with E-state index in [4.69, 9.17) is 5.73 Å². The fourth-order valence-corrected chi connectivity index (χ4v) is 1.57. The van der Waals surface area contributed by atoms with E-state index in [1.165, 1.54) is 6.33 Å². The first kappa shape index (κ1) is 15.0. The fourth-order valence-electron chi connectivity index (χ4n) is 1.57. The monoisotopic (exact) mass is 287 g/mol. The lowest BCUT2D eigenvalue weighted by Crippen LogP contribution is -2.40. The van der Waals surface area contributed by atoms with Gasteiger partial charge < -0.3 is 16.5 Å². The quantitative estimate of drug-likeness (QED) is 0.622. The summed E-state index contributed by atoms with van der Waals surface area (Å²) in [5.74, 6) is 1.14. The first-order valence-corrected chi connectivity index (χ1v) is 6.72. The van der Waals surface area contributed by atoms with Crippen LogP contribution in [0.4, 0.5) is 17.3 Å². The van der Waals surface area contributed by atoms with Gasteiger partial charge in [-0.2, -0.15) is 0 Å². The molecule has 2 aromatic rings. The molecule has 7 nitrogen and oxygen atoms in total. The first-order valence-electron chi connectivity index (χ1n) is 6.72. The second-order valence-electron chi connectivity index (χ2n) is 5.70. The van der Waals surface area contributed by atoms with Crippen LogP contribution in [0.15, 0.2) is 30.9 Å². The van der Waals surface area contributed by atoms with Crippen molar-refractivity contribution in [2.24, 2.45) is 0 Å². The van der Waals surface area contributed by atoms with Crippen LogP contribution < -0.4 is 21.9 Å². The third-order valence-electron chi connectivity index (χ3n) is 2.62. The molecule has 5 N–H and O–H groups in total. The van der Waals surface area contributed by atoms with Crippen LogP contribution >= 0.6 is 0 Å². The molecule has 0 aliphatic carbocycles. The number of pyridine rings is 1. The molecule has 0 spiro atoms. The molecule has 0 radical (unpaired) electrons. The topological polar surface area (TPSA) is 101 Å². The predicted octanol–water partition coefficient (Wildman–Crippen LogP) is 1.78. The van der Waals surface area contributed by atoms with Crippen LogP contribution in [0, 0.1) is 0 Å². The van der Waals surface area contributed by atoms with Gasteiger partial charge in [0.05, 0.1) is 0 Å². The Kier molecular flexibility index (Phi) is 4.54. The highest BCUT2D eigenvalue weighted by Gasteiger charge is 2.12. The summed E-state index contributed by atoms with van der Waals surface area (Å²) in [6.07, 6.45) is 5.00. The highest BCUT2D eigenvalue weighted by molar-refractivity contribution is 5.73. The van der Waals surface area contributed by atoms with Gasteiger partial charge in [-0.15, -0.1) is 0 Å². The van der Waals surface area contributed by atoms with Gasteiger partial charge in [0, 0.05) is 24.5 Å². The lowest BCUT2D eigenvalue weighted by molar-refractivity contribution is 0.464. The average Bonchev–Trinajstić information content (AvgIpc) is 2.45. The normalized spacial score (nSPS) is 11.2. The molecule has 0 unspecified atom stereocenters. The molecule has 2 heterocycles. The molecule has 0 fully saturated rings. The molecule has 0 atom stereocenters. The Bertz CT molecular complexity index is 578. The summed E-state index contributed by atoms with van der Waals surface area (Å²) in [5, 5.41) is 3.18. The third-order valence-corrected chi connectivity index (χ3v) is 2.62. The molecule has 0 saturated heterocycles. The van der Waals surface area contributed by atoms with E-state index >= 15 is 0 Å². The van der Waals surface area contributed by atoms with Crippen molar-refractivity contribution in [3.63, 3.8) is 0 Å². The summed E-state index contributed by atoms with van der Waals surface area (Å²) in [6.45, 7) is 6.72. The molecular weight excluding hydrogens is 266 g/mol. The summed E-state index contributed by atoms with van der Waals surface area (Å²) in [5.41, 5.74) is 13.6. The number of nitrogen functional groups attached to an aromatic ring is 1. The van der Waals surface area contributed by atoms with E-state index in [9.17, 15) is 0 Å². The van der Waals surface area contributed by atoms with Crippen molar-refractivity contribution < 1.29 is 0 Å². The van der Waals surface area contributed by atoms with Crippen LogP contribution in [0.25, 0.3) is 0 Å². The molecule has 21 heavy (non-hydrogen) atoms. The summed E-state index contributed by atoms with van der Waals surface area (Å²) in [6, 6.07) is 3.87. The molecule has 0 aliphatic heterocycles. The van der Waals surface area contributed by atoms with Gasteiger partial charge in [-0.3, -0.25) is 4.98 Å². The maximum absolute atomic E-state index is 6.07. The van der Waals surface area contributed by atoms with Gasteiger partial charge in [-0.1, -0.05) is 6.07 Å². The molecule has 7 heteroatoms. The number of rotatable bonds is 5. The summed E-state index contributed by atoms with van der Waals surface area (Å²) >= 11 is 0. The minimum atomic E-state index is -0.0965. The number of nitrogens with zero attached hydrogens (tertiary/aromatic N) is 3. The number of hydrazine groups is 1. The van der Waals surface area contributed by atoms with Crippen LogP contribution in [-0.4, -0.2) is 20.5 Å². The zero-order chi connectivity index (χ0) is 15.3. The average molecular weight is 287 g/mol. The number of hydrogen-bond donors (Lipinski definition) is 4. The Morgan fingerprint density at radius 2 is 1.95 bits per heavy atom. The standard InChI is InChI=1S/C14H21N7/c1-14(2,3)21-20-13-11(15)12(18-9-19-13)17-8-10-5-4-6-16-7-10/h4-7,9,21H,8,15H2,1-3H3,(H2,17,18,19,20). The van der Waals surface area contributed by atoms with E-state index in [1.54, 1.807) is 12.4 Å². The highest BCUT2D eigenvalue weighted by atomic mass is 15.4. The summed E-state index contributed by atoms with van der Waals surface area (Å²) < 4.78 is 0. The van der Waals surface area contributed by atoms with Gasteiger partial charge in [0.15, 0.2) is 11.6 Å². The van der Waals surface area contributed by atoms with E-state index in [1.807, 2.05) is 32.9 Å². The Morgan fingerprint density at radius 3 is 2.62 bits per heavy atom. The van der Waals surface area contributed by atoms with E-state index < -0.39 is 0 Å². The molecule has 0 saturated carbocycles. The summed E-state index contributed by atoms with van der Waals surface area (Å²) in [7, 11) is 0. The van der Waals surface area contributed by atoms with E-state index in [0.717, 1.165) is 5.56 Å². The molecule has 112 valence electrons. The van der Waals surface area contributed by atoms with Crippen LogP contribution in [0.5, 0.6) is 0 Å². The molecular formula is C14H21N7. The third kappa shape index (κ3) is 4.57. The summed E-state index contributed by atoms with van der Waals surface area (Å²) in [4.78, 5) is 12.4. The van der Waals surface area contributed by atoms with E-state index in [-0.39, 0.29) is 5.54 Å². The minimum absolute atomic E-state index is 0.0965. The maximum atomic E-state index is 6.07. The van der Waals surface area contributed by atoms with Gasteiger partial charge in [-0.05, 0) is 32.4 Å². The highest BCUT2D eigenvalue weighted by Crippen LogP contribution is 2.22. The molecule has 2 aromatic heterocycles. The van der Waals surface area contributed by atoms with Crippen molar-refractivity contribution in [2.75, 3.05) is 16.5 Å². The van der Waals surface area contributed by atoms with Crippen molar-refractivity contribution in [1.82, 2.24) is 20.4 Å². The van der Waals surface area contributed by atoms with Gasteiger partial charge in [0.2, 0.25) is 0 Å². The second-order valence-corrected chi connectivity index (χ2v) is 5.70. The van der Waals surface area contributed by atoms with E-state index in [2.05, 4.69) is 31.1 Å². The molecule has 0 aliphatic rings. The Balaban J connectivity index is 2.03. The van der Waals surface area contributed by atoms with Crippen molar-refractivity contribution in [3.8, 4) is 0 Å². The second kappa shape index (κ2) is 6.36. The molecule has 0 bridgehead atoms. The van der Waals surface area contributed by atoms with Crippen molar-refractivity contribution in [2.45, 2.75) is 32.9 Å².